The number of halogens is 2. The van der Waals surface area contributed by atoms with Crippen LogP contribution in [0.1, 0.15) is 22.9 Å². The Morgan fingerprint density at radius 2 is 2.14 bits per heavy atom. The molecule has 0 radical (unpaired) electrons. The highest BCUT2D eigenvalue weighted by Crippen LogP contribution is 2.31. The summed E-state index contributed by atoms with van der Waals surface area (Å²) < 4.78 is 9.24. The Morgan fingerprint density at radius 3 is 2.76 bits per heavy atom. The van der Waals surface area contributed by atoms with E-state index in [1.165, 1.54) is 11.1 Å². The largest absolute Gasteiger partial charge is 0.383 e. The number of hydrogen-bond acceptors (Lipinski definition) is 3. The molecule has 114 valence electrons. The lowest BCUT2D eigenvalue weighted by molar-refractivity contribution is 0.182. The van der Waals surface area contributed by atoms with Crippen molar-refractivity contribution >= 4 is 31.9 Å². The van der Waals surface area contributed by atoms with E-state index in [9.17, 15) is 0 Å². The van der Waals surface area contributed by atoms with Gasteiger partial charge in [0, 0.05) is 11.6 Å². The molecule has 0 spiro atoms. The summed E-state index contributed by atoms with van der Waals surface area (Å²) in [7, 11) is 3.67. The van der Waals surface area contributed by atoms with E-state index in [1.54, 1.807) is 7.11 Å². The van der Waals surface area contributed by atoms with Crippen LogP contribution >= 0.6 is 31.9 Å². The van der Waals surface area contributed by atoms with Gasteiger partial charge in [0.1, 0.15) is 0 Å². The predicted octanol–water partition coefficient (Wildman–Crippen LogP) is 3.67. The van der Waals surface area contributed by atoms with Gasteiger partial charge in [-0.15, -0.1) is 0 Å². The van der Waals surface area contributed by atoms with Crippen LogP contribution in [-0.2, 0) is 11.3 Å². The fourth-order valence-corrected chi connectivity index (χ4v) is 3.42. The van der Waals surface area contributed by atoms with E-state index in [1.807, 2.05) is 17.9 Å². The van der Waals surface area contributed by atoms with Gasteiger partial charge in [-0.05, 0) is 53.2 Å². The van der Waals surface area contributed by atoms with Crippen molar-refractivity contribution in [3.8, 4) is 0 Å². The Bertz CT molecular complexity index is 613. The monoisotopic (exact) mass is 415 g/mol. The number of ether oxygens (including phenoxy) is 1. The van der Waals surface area contributed by atoms with Gasteiger partial charge in [-0.1, -0.05) is 22.0 Å². The second kappa shape index (κ2) is 7.54. The van der Waals surface area contributed by atoms with E-state index in [0.717, 1.165) is 21.2 Å². The lowest BCUT2D eigenvalue weighted by atomic mass is 9.99. The van der Waals surface area contributed by atoms with Gasteiger partial charge in [-0.3, -0.25) is 4.68 Å². The molecule has 4 nitrogen and oxygen atoms in total. The van der Waals surface area contributed by atoms with Crippen LogP contribution in [0.15, 0.2) is 33.3 Å². The maximum absolute atomic E-state index is 5.17. The summed E-state index contributed by atoms with van der Waals surface area (Å²) in [6, 6.07) is 6.41. The summed E-state index contributed by atoms with van der Waals surface area (Å²) in [4.78, 5) is 0. The molecule has 0 aliphatic heterocycles. The van der Waals surface area contributed by atoms with Crippen molar-refractivity contribution in [2.75, 3.05) is 20.8 Å². The van der Waals surface area contributed by atoms with Crippen LogP contribution in [0.4, 0.5) is 0 Å². The smallest absolute Gasteiger partial charge is 0.0760 e. The normalized spacial score (nSPS) is 12.6. The molecule has 1 N–H and O–H groups in total. The second-order valence-electron chi connectivity index (χ2n) is 4.82. The van der Waals surface area contributed by atoms with E-state index >= 15 is 0 Å². The van der Waals surface area contributed by atoms with Crippen molar-refractivity contribution in [1.29, 1.82) is 0 Å². The molecule has 1 atom stereocenters. The molecule has 0 fully saturated rings. The molecule has 0 aliphatic rings. The van der Waals surface area contributed by atoms with Crippen LogP contribution in [0, 0.1) is 6.92 Å². The summed E-state index contributed by atoms with van der Waals surface area (Å²) in [5, 5.41) is 7.83. The molecule has 0 amide bonds. The Morgan fingerprint density at radius 1 is 1.38 bits per heavy atom. The molecular formula is C15H19Br2N3O. The fraction of sp³-hybridized carbons (Fsp3) is 0.400. The van der Waals surface area contributed by atoms with Crippen molar-refractivity contribution in [3.63, 3.8) is 0 Å². The zero-order valence-electron chi connectivity index (χ0n) is 12.4. The first-order valence-electron chi connectivity index (χ1n) is 6.72. The standard InChI is InChI=1S/C15H19Br2N3O/c1-10-8-11(16)4-5-12(10)14(18-2)15-13(17)9-19-20(15)6-7-21-3/h4-5,8-9,14,18H,6-7H2,1-3H3. The SMILES string of the molecule is CNC(c1ccc(Br)cc1C)c1c(Br)cnn1CCOC. The molecule has 2 rings (SSSR count). The number of aryl methyl sites for hydroxylation is 1. The Labute approximate surface area is 142 Å². The third kappa shape index (κ3) is 3.74. The molecule has 1 unspecified atom stereocenters. The molecule has 1 heterocycles. The average Bonchev–Trinajstić information content (AvgIpc) is 2.81. The number of aromatic nitrogens is 2. The number of rotatable bonds is 6. The van der Waals surface area contributed by atoms with Crippen molar-refractivity contribution in [2.24, 2.45) is 0 Å². The first-order valence-corrected chi connectivity index (χ1v) is 8.30. The number of nitrogens with one attached hydrogen (secondary N) is 1. The summed E-state index contributed by atoms with van der Waals surface area (Å²) in [6.45, 7) is 3.48. The summed E-state index contributed by atoms with van der Waals surface area (Å²) in [5.41, 5.74) is 3.58. The van der Waals surface area contributed by atoms with Crippen LogP contribution in [0.5, 0.6) is 0 Å². The highest BCUT2D eigenvalue weighted by Gasteiger charge is 2.21. The number of benzene rings is 1. The van der Waals surface area contributed by atoms with Gasteiger partial charge < -0.3 is 10.1 Å². The minimum Gasteiger partial charge on any atom is -0.383 e. The van der Waals surface area contributed by atoms with Gasteiger partial charge >= 0.3 is 0 Å². The second-order valence-corrected chi connectivity index (χ2v) is 6.59. The average molecular weight is 417 g/mol. The molecule has 6 heteroatoms. The third-order valence-corrected chi connectivity index (χ3v) is 4.55. The van der Waals surface area contributed by atoms with Crippen LogP contribution in [0.2, 0.25) is 0 Å². The van der Waals surface area contributed by atoms with E-state index in [0.29, 0.717) is 6.61 Å². The van der Waals surface area contributed by atoms with Gasteiger partial charge in [0.2, 0.25) is 0 Å². The minimum absolute atomic E-state index is 0.0758. The summed E-state index contributed by atoms with van der Waals surface area (Å²) in [6.07, 6.45) is 1.84. The quantitative estimate of drug-likeness (QED) is 0.780. The van der Waals surface area contributed by atoms with E-state index in [4.69, 9.17) is 4.74 Å². The van der Waals surface area contributed by atoms with Gasteiger partial charge in [-0.2, -0.15) is 5.10 Å². The van der Waals surface area contributed by atoms with Crippen molar-refractivity contribution in [2.45, 2.75) is 19.5 Å². The zero-order valence-corrected chi connectivity index (χ0v) is 15.5. The molecule has 0 aliphatic carbocycles. The molecular weight excluding hydrogens is 398 g/mol. The van der Waals surface area contributed by atoms with E-state index < -0.39 is 0 Å². The minimum atomic E-state index is 0.0758. The fourth-order valence-electron chi connectivity index (χ4n) is 2.42. The van der Waals surface area contributed by atoms with E-state index in [-0.39, 0.29) is 6.04 Å². The maximum Gasteiger partial charge on any atom is 0.0760 e. The number of nitrogens with zero attached hydrogens (tertiary/aromatic N) is 2. The predicted molar refractivity (Wildman–Crippen MR) is 91.6 cm³/mol. The molecule has 2 aromatic rings. The topological polar surface area (TPSA) is 39.1 Å². The molecule has 21 heavy (non-hydrogen) atoms. The highest BCUT2D eigenvalue weighted by atomic mass is 79.9. The summed E-state index contributed by atoms with van der Waals surface area (Å²) >= 11 is 7.13. The lowest BCUT2D eigenvalue weighted by Gasteiger charge is -2.21. The van der Waals surface area contributed by atoms with Crippen LogP contribution in [-0.4, -0.2) is 30.5 Å². The molecule has 1 aromatic heterocycles. The van der Waals surface area contributed by atoms with Crippen LogP contribution < -0.4 is 5.32 Å². The van der Waals surface area contributed by atoms with Gasteiger partial charge in [0.15, 0.2) is 0 Å². The Balaban J connectivity index is 2.43. The van der Waals surface area contributed by atoms with Crippen molar-refractivity contribution < 1.29 is 4.74 Å². The third-order valence-electron chi connectivity index (χ3n) is 3.45. The lowest BCUT2D eigenvalue weighted by Crippen LogP contribution is -2.23. The highest BCUT2D eigenvalue weighted by molar-refractivity contribution is 9.10. The van der Waals surface area contributed by atoms with Crippen molar-refractivity contribution in [3.05, 3.63) is 50.2 Å². The Kier molecular flexibility index (Phi) is 5.98. The van der Waals surface area contributed by atoms with Crippen molar-refractivity contribution in [1.82, 2.24) is 15.1 Å². The molecule has 0 saturated heterocycles. The molecule has 0 bridgehead atoms. The maximum atomic E-state index is 5.17. The summed E-state index contributed by atoms with van der Waals surface area (Å²) in [5.74, 6) is 0. The first kappa shape index (κ1) is 16.7. The van der Waals surface area contributed by atoms with Gasteiger partial charge in [0.05, 0.1) is 35.6 Å². The first-order chi connectivity index (χ1) is 10.1. The van der Waals surface area contributed by atoms with Crippen LogP contribution in [0.25, 0.3) is 0 Å². The van der Waals surface area contributed by atoms with Crippen LogP contribution in [0.3, 0.4) is 0 Å². The zero-order chi connectivity index (χ0) is 15.4. The molecule has 1 aromatic carbocycles. The number of hydrogen-bond donors (Lipinski definition) is 1. The van der Waals surface area contributed by atoms with Gasteiger partial charge in [0.25, 0.3) is 0 Å². The Hall–Kier alpha value is -0.690. The number of methoxy groups -OCH3 is 1. The molecule has 0 saturated carbocycles. The van der Waals surface area contributed by atoms with E-state index in [2.05, 4.69) is 67.4 Å². The van der Waals surface area contributed by atoms with Gasteiger partial charge in [-0.25, -0.2) is 0 Å².